The molecule has 2 rings (SSSR count). The van der Waals surface area contributed by atoms with Gasteiger partial charge in [-0.15, -0.1) is 11.8 Å². The van der Waals surface area contributed by atoms with E-state index in [2.05, 4.69) is 10.4 Å². The molecule has 0 spiro atoms. The van der Waals surface area contributed by atoms with E-state index >= 15 is 0 Å². The number of aryl methyl sites for hydroxylation is 1. The highest BCUT2D eigenvalue weighted by atomic mass is 32.2. The number of nitro groups is 1. The van der Waals surface area contributed by atoms with Crippen molar-refractivity contribution in [1.29, 1.82) is 0 Å². The number of benzene rings is 1. The fraction of sp³-hybridized carbons (Fsp3) is 0.312. The van der Waals surface area contributed by atoms with E-state index in [1.54, 1.807) is 25.1 Å². The topological polar surface area (TPSA) is 107 Å². The van der Waals surface area contributed by atoms with Crippen molar-refractivity contribution in [3.05, 3.63) is 45.3 Å². The Labute approximate surface area is 148 Å². The highest BCUT2D eigenvalue weighted by Crippen LogP contribution is 2.27. The van der Waals surface area contributed by atoms with E-state index in [4.69, 9.17) is 0 Å². The maximum absolute atomic E-state index is 12.5. The van der Waals surface area contributed by atoms with Gasteiger partial charge in [-0.25, -0.2) is 0 Å². The van der Waals surface area contributed by atoms with E-state index in [-0.39, 0.29) is 29.6 Å². The molecule has 2 aromatic rings. The first-order chi connectivity index (χ1) is 11.7. The van der Waals surface area contributed by atoms with Crippen LogP contribution in [0.5, 0.6) is 0 Å². The number of rotatable bonds is 6. The lowest BCUT2D eigenvalue weighted by Gasteiger charge is -2.10. The largest absolute Gasteiger partial charge is 0.325 e. The number of ketones is 1. The highest BCUT2D eigenvalue weighted by molar-refractivity contribution is 7.98. The predicted molar refractivity (Wildman–Crippen MR) is 95.2 cm³/mol. The van der Waals surface area contributed by atoms with E-state index in [1.165, 1.54) is 30.3 Å². The second-order valence-electron chi connectivity index (χ2n) is 5.45. The zero-order valence-corrected chi connectivity index (χ0v) is 15.1. The van der Waals surface area contributed by atoms with E-state index in [0.29, 0.717) is 16.9 Å². The minimum Gasteiger partial charge on any atom is -0.325 e. The monoisotopic (exact) mass is 362 g/mol. The summed E-state index contributed by atoms with van der Waals surface area (Å²) in [5.74, 6) is -0.478. The molecule has 1 amide bonds. The van der Waals surface area contributed by atoms with Gasteiger partial charge >= 0.3 is 5.69 Å². The van der Waals surface area contributed by atoms with E-state index in [1.807, 2.05) is 6.26 Å². The van der Waals surface area contributed by atoms with Gasteiger partial charge in [-0.2, -0.15) is 5.10 Å². The molecular formula is C16H18N4O4S. The average molecular weight is 362 g/mol. The van der Waals surface area contributed by atoms with Crippen LogP contribution in [0.3, 0.4) is 0 Å². The van der Waals surface area contributed by atoms with E-state index < -0.39 is 4.92 Å². The van der Waals surface area contributed by atoms with E-state index in [0.717, 1.165) is 4.90 Å². The summed E-state index contributed by atoms with van der Waals surface area (Å²) in [5.41, 5.74) is 1.48. The Balaban J connectivity index is 2.31. The highest BCUT2D eigenvalue weighted by Gasteiger charge is 2.23. The molecule has 0 aliphatic rings. The molecule has 0 atom stereocenters. The molecule has 8 nitrogen and oxygen atoms in total. The summed E-state index contributed by atoms with van der Waals surface area (Å²) in [4.78, 5) is 35.3. The smallest absolute Gasteiger partial charge is 0.312 e. The molecule has 0 saturated carbocycles. The van der Waals surface area contributed by atoms with Crippen molar-refractivity contribution in [1.82, 2.24) is 9.78 Å². The number of carbonyl (C=O) groups excluding carboxylic acids is 2. The van der Waals surface area contributed by atoms with Crippen LogP contribution >= 0.6 is 11.8 Å². The normalized spacial score (nSPS) is 10.6. The summed E-state index contributed by atoms with van der Waals surface area (Å²) in [6, 6.07) is 5.03. The molecule has 0 bridgehead atoms. The molecule has 25 heavy (non-hydrogen) atoms. The number of anilines is 1. The molecule has 1 aromatic carbocycles. The number of thioether (sulfide) groups is 1. The molecule has 1 heterocycles. The van der Waals surface area contributed by atoms with Crippen LogP contribution in [0.15, 0.2) is 23.1 Å². The van der Waals surface area contributed by atoms with Crippen LogP contribution in [0.25, 0.3) is 0 Å². The molecule has 1 N–H and O–H groups in total. The summed E-state index contributed by atoms with van der Waals surface area (Å²) < 4.78 is 1.33. The van der Waals surface area contributed by atoms with Crippen molar-refractivity contribution in [2.24, 2.45) is 0 Å². The van der Waals surface area contributed by atoms with Crippen molar-refractivity contribution in [2.45, 2.75) is 32.2 Å². The second kappa shape index (κ2) is 7.47. The molecule has 132 valence electrons. The van der Waals surface area contributed by atoms with Crippen LogP contribution < -0.4 is 5.32 Å². The lowest BCUT2D eigenvalue weighted by Crippen LogP contribution is -2.14. The number of Topliss-reactive ketones (excluding diaryl/α,β-unsaturated/α-hetero) is 1. The first kappa shape index (κ1) is 18.7. The predicted octanol–water partition coefficient (Wildman–Crippen LogP) is 2.97. The molecule has 0 aliphatic heterocycles. The maximum atomic E-state index is 12.5. The minimum atomic E-state index is -0.499. The van der Waals surface area contributed by atoms with Gasteiger partial charge in [-0.05, 0) is 32.2 Å². The average Bonchev–Trinajstić information content (AvgIpc) is 2.80. The van der Waals surface area contributed by atoms with Gasteiger partial charge in [-0.1, -0.05) is 6.07 Å². The SMILES string of the molecule is CSc1ccc(C(=O)Cn2nc(C)c([N+](=O)[O-])c2C)cc1NC(C)=O. The van der Waals surface area contributed by atoms with Gasteiger partial charge in [0.15, 0.2) is 5.78 Å². The summed E-state index contributed by atoms with van der Waals surface area (Å²) >= 11 is 1.45. The second-order valence-corrected chi connectivity index (χ2v) is 6.30. The summed E-state index contributed by atoms with van der Waals surface area (Å²) in [5, 5.41) is 17.8. The number of carbonyl (C=O) groups is 2. The number of nitrogens with zero attached hydrogens (tertiary/aromatic N) is 3. The lowest BCUT2D eigenvalue weighted by molar-refractivity contribution is -0.386. The third-order valence-electron chi connectivity index (χ3n) is 3.65. The zero-order chi connectivity index (χ0) is 18.7. The Bertz CT molecular complexity index is 860. The van der Waals surface area contributed by atoms with Crippen molar-refractivity contribution < 1.29 is 14.5 Å². The fourth-order valence-electron chi connectivity index (χ4n) is 2.50. The third kappa shape index (κ3) is 4.05. The van der Waals surface area contributed by atoms with Crippen LogP contribution in [0.4, 0.5) is 11.4 Å². The van der Waals surface area contributed by atoms with Crippen molar-refractivity contribution in [3.8, 4) is 0 Å². The van der Waals surface area contributed by atoms with Gasteiger partial charge in [0.2, 0.25) is 5.91 Å². The molecule has 0 unspecified atom stereocenters. The van der Waals surface area contributed by atoms with Crippen molar-refractivity contribution >= 4 is 34.8 Å². The Hall–Kier alpha value is -2.68. The third-order valence-corrected chi connectivity index (χ3v) is 4.45. The molecular weight excluding hydrogens is 344 g/mol. The summed E-state index contributed by atoms with van der Waals surface area (Å²) in [7, 11) is 0. The Morgan fingerprint density at radius 2 is 2.04 bits per heavy atom. The Morgan fingerprint density at radius 3 is 2.56 bits per heavy atom. The van der Waals surface area contributed by atoms with Gasteiger partial charge in [-0.3, -0.25) is 24.4 Å². The van der Waals surface area contributed by atoms with Crippen LogP contribution in [0.1, 0.15) is 28.7 Å². The Kier molecular flexibility index (Phi) is 5.58. The first-order valence-electron chi connectivity index (χ1n) is 7.41. The fourth-order valence-corrected chi connectivity index (χ4v) is 3.04. The van der Waals surface area contributed by atoms with Crippen LogP contribution in [-0.4, -0.2) is 32.6 Å². The van der Waals surface area contributed by atoms with Crippen LogP contribution in [0, 0.1) is 24.0 Å². The van der Waals surface area contributed by atoms with Crippen LogP contribution in [-0.2, 0) is 11.3 Å². The van der Waals surface area contributed by atoms with Gasteiger partial charge in [0, 0.05) is 17.4 Å². The Morgan fingerprint density at radius 1 is 1.36 bits per heavy atom. The molecule has 1 aromatic heterocycles. The lowest BCUT2D eigenvalue weighted by atomic mass is 10.1. The number of aromatic nitrogens is 2. The van der Waals surface area contributed by atoms with Gasteiger partial charge in [0.1, 0.15) is 17.9 Å². The maximum Gasteiger partial charge on any atom is 0.312 e. The number of hydrogen-bond donors (Lipinski definition) is 1. The van der Waals surface area contributed by atoms with Crippen LogP contribution in [0.2, 0.25) is 0 Å². The van der Waals surface area contributed by atoms with Gasteiger partial charge in [0.05, 0.1) is 10.6 Å². The number of nitrogens with one attached hydrogen (secondary N) is 1. The van der Waals surface area contributed by atoms with Gasteiger partial charge in [0.25, 0.3) is 0 Å². The van der Waals surface area contributed by atoms with Gasteiger partial charge < -0.3 is 5.32 Å². The molecule has 9 heteroatoms. The van der Waals surface area contributed by atoms with Crippen molar-refractivity contribution in [2.75, 3.05) is 11.6 Å². The molecule has 0 aliphatic carbocycles. The summed E-state index contributed by atoms with van der Waals surface area (Å²) in [6.45, 7) is 4.38. The van der Waals surface area contributed by atoms with Crippen molar-refractivity contribution in [3.63, 3.8) is 0 Å². The quantitative estimate of drug-likeness (QED) is 0.366. The molecule has 0 radical (unpaired) electrons. The molecule has 0 saturated heterocycles. The zero-order valence-electron chi connectivity index (χ0n) is 14.3. The molecule has 0 fully saturated rings. The number of hydrogen-bond acceptors (Lipinski definition) is 6. The summed E-state index contributed by atoms with van der Waals surface area (Å²) in [6.07, 6.45) is 1.87. The first-order valence-corrected chi connectivity index (χ1v) is 8.64. The standard InChI is InChI=1S/C16H18N4O4S/c1-9-16(20(23)24)10(2)19(18-9)8-14(22)12-5-6-15(25-4)13(7-12)17-11(3)21/h5-7H,8H2,1-4H3,(H,17,21). The number of amides is 1. The van der Waals surface area contributed by atoms with E-state index in [9.17, 15) is 19.7 Å². The minimum absolute atomic E-state index is 0.0792.